The maximum absolute atomic E-state index is 10.9. The van der Waals surface area contributed by atoms with Gasteiger partial charge in [0.05, 0.1) is 18.1 Å². The van der Waals surface area contributed by atoms with E-state index < -0.39 is 5.97 Å². The van der Waals surface area contributed by atoms with Crippen LogP contribution in [0.2, 0.25) is 0 Å². The lowest BCUT2D eigenvalue weighted by Crippen LogP contribution is -2.65. The summed E-state index contributed by atoms with van der Waals surface area (Å²) in [5.74, 6) is 0.737. The van der Waals surface area contributed by atoms with Crippen LogP contribution in [0.25, 0.3) is 0 Å². The molecule has 94 valence electrons. The number of hydrogen-bond acceptors (Lipinski definition) is 3. The first kappa shape index (κ1) is 10.3. The van der Waals surface area contributed by atoms with Crippen LogP contribution in [-0.4, -0.2) is 47.3 Å². The molecule has 5 fully saturated rings. The lowest BCUT2D eigenvalue weighted by molar-refractivity contribution is -0.158. The van der Waals surface area contributed by atoms with Crippen LogP contribution < -0.4 is 0 Å². The molecule has 0 amide bonds. The molecule has 5 aliphatic rings. The van der Waals surface area contributed by atoms with Crippen LogP contribution in [-0.2, 0) is 9.53 Å². The Labute approximate surface area is 101 Å². The van der Waals surface area contributed by atoms with Crippen molar-refractivity contribution in [1.29, 1.82) is 0 Å². The SMILES string of the molecule is O=C(O)C1CN(C2CCCC34CC(CO3)C24)C1. The van der Waals surface area contributed by atoms with E-state index >= 15 is 0 Å². The Morgan fingerprint density at radius 3 is 2.94 bits per heavy atom. The predicted octanol–water partition coefficient (Wildman–Crippen LogP) is 0.960. The lowest BCUT2D eigenvalue weighted by Gasteiger charge is -2.57. The van der Waals surface area contributed by atoms with Crippen molar-refractivity contribution < 1.29 is 14.6 Å². The highest BCUT2D eigenvalue weighted by Gasteiger charge is 2.65. The third-order valence-corrected chi connectivity index (χ3v) is 5.55. The van der Waals surface area contributed by atoms with Gasteiger partial charge in [-0.3, -0.25) is 9.69 Å². The second-order valence-electron chi connectivity index (χ2n) is 6.31. The zero-order valence-corrected chi connectivity index (χ0v) is 9.97. The summed E-state index contributed by atoms with van der Waals surface area (Å²) < 4.78 is 6.00. The fourth-order valence-corrected chi connectivity index (χ4v) is 4.71. The number of carbonyl (C=O) groups is 1. The molecule has 3 heterocycles. The minimum atomic E-state index is -0.625. The number of carboxylic acid groups (broad SMARTS) is 1. The smallest absolute Gasteiger partial charge is 0.309 e. The molecule has 4 unspecified atom stereocenters. The zero-order chi connectivity index (χ0) is 11.6. The molecule has 0 aromatic heterocycles. The van der Waals surface area contributed by atoms with Crippen molar-refractivity contribution in [3.63, 3.8) is 0 Å². The summed E-state index contributed by atoms with van der Waals surface area (Å²) in [5.41, 5.74) is 0.210. The first-order chi connectivity index (χ1) is 8.20. The summed E-state index contributed by atoms with van der Waals surface area (Å²) >= 11 is 0. The van der Waals surface area contributed by atoms with Gasteiger partial charge in [-0.05, 0) is 31.6 Å². The summed E-state index contributed by atoms with van der Waals surface area (Å²) in [6, 6.07) is 0.612. The molecule has 2 aliphatic carbocycles. The van der Waals surface area contributed by atoms with Crippen molar-refractivity contribution in [3.8, 4) is 0 Å². The molecule has 4 atom stereocenters. The molecule has 3 aliphatic heterocycles. The fraction of sp³-hybridized carbons (Fsp3) is 0.923. The largest absolute Gasteiger partial charge is 0.481 e. The predicted molar refractivity (Wildman–Crippen MR) is 60.6 cm³/mol. The van der Waals surface area contributed by atoms with Crippen molar-refractivity contribution in [1.82, 2.24) is 4.90 Å². The van der Waals surface area contributed by atoms with Crippen molar-refractivity contribution in [2.45, 2.75) is 37.3 Å². The Hall–Kier alpha value is -0.610. The normalized spacial score (nSPS) is 49.3. The number of nitrogens with zero attached hydrogens (tertiary/aromatic N) is 1. The van der Waals surface area contributed by atoms with Gasteiger partial charge in [-0.2, -0.15) is 0 Å². The first-order valence-corrected chi connectivity index (χ1v) is 6.80. The number of hydrogen-bond donors (Lipinski definition) is 1. The second-order valence-corrected chi connectivity index (χ2v) is 6.31. The topological polar surface area (TPSA) is 49.8 Å². The number of carboxylic acids is 1. The van der Waals surface area contributed by atoms with Gasteiger partial charge in [0, 0.05) is 25.0 Å². The summed E-state index contributed by atoms with van der Waals surface area (Å²) in [6.45, 7) is 2.48. The van der Waals surface area contributed by atoms with Gasteiger partial charge in [-0.1, -0.05) is 0 Å². The Kier molecular flexibility index (Phi) is 1.96. The van der Waals surface area contributed by atoms with Crippen LogP contribution in [0.4, 0.5) is 0 Å². The van der Waals surface area contributed by atoms with E-state index in [2.05, 4.69) is 4.90 Å². The molecule has 0 aromatic carbocycles. The van der Waals surface area contributed by atoms with E-state index in [1.165, 1.54) is 25.7 Å². The van der Waals surface area contributed by atoms with Crippen LogP contribution in [0, 0.1) is 17.8 Å². The quantitative estimate of drug-likeness (QED) is 0.777. The van der Waals surface area contributed by atoms with Gasteiger partial charge < -0.3 is 9.84 Å². The lowest BCUT2D eigenvalue weighted by atomic mass is 9.55. The average Bonchev–Trinajstić information content (AvgIpc) is 2.72. The third kappa shape index (κ3) is 1.23. The van der Waals surface area contributed by atoms with Crippen LogP contribution >= 0.6 is 0 Å². The molecule has 3 saturated heterocycles. The molecular weight excluding hydrogens is 218 g/mol. The number of aliphatic carboxylic acids is 1. The molecule has 1 N–H and O–H groups in total. The van der Waals surface area contributed by atoms with E-state index in [1.807, 2.05) is 0 Å². The highest BCUT2D eigenvalue weighted by atomic mass is 16.5. The van der Waals surface area contributed by atoms with E-state index in [1.54, 1.807) is 0 Å². The molecule has 4 nitrogen and oxygen atoms in total. The highest BCUT2D eigenvalue weighted by molar-refractivity contribution is 5.71. The number of ether oxygens (including phenoxy) is 1. The number of fused-ring (bicyclic) bond motifs is 1. The molecule has 2 saturated carbocycles. The third-order valence-electron chi connectivity index (χ3n) is 5.55. The number of likely N-dealkylation sites (tertiary alicyclic amines) is 1. The van der Waals surface area contributed by atoms with E-state index in [0.29, 0.717) is 12.0 Å². The maximum atomic E-state index is 10.9. The molecule has 17 heavy (non-hydrogen) atoms. The van der Waals surface area contributed by atoms with E-state index in [-0.39, 0.29) is 11.5 Å². The van der Waals surface area contributed by atoms with Crippen molar-refractivity contribution in [3.05, 3.63) is 0 Å². The minimum absolute atomic E-state index is 0.119. The summed E-state index contributed by atoms with van der Waals surface area (Å²) in [5, 5.41) is 8.94. The van der Waals surface area contributed by atoms with E-state index in [9.17, 15) is 4.79 Å². The second kappa shape index (κ2) is 3.23. The Morgan fingerprint density at radius 1 is 1.41 bits per heavy atom. The zero-order valence-electron chi connectivity index (χ0n) is 9.97. The molecule has 0 radical (unpaired) electrons. The monoisotopic (exact) mass is 237 g/mol. The van der Waals surface area contributed by atoms with Crippen molar-refractivity contribution >= 4 is 5.97 Å². The maximum Gasteiger partial charge on any atom is 0.309 e. The molecule has 1 spiro atoms. The number of rotatable bonds is 2. The van der Waals surface area contributed by atoms with E-state index in [4.69, 9.17) is 9.84 Å². The molecule has 2 bridgehead atoms. The molecule has 0 aromatic rings. The van der Waals surface area contributed by atoms with Gasteiger partial charge >= 0.3 is 5.97 Å². The summed E-state index contributed by atoms with van der Waals surface area (Å²) in [6.07, 6.45) is 5.01. The molecule has 4 heteroatoms. The Morgan fingerprint density at radius 2 is 2.24 bits per heavy atom. The highest BCUT2D eigenvalue weighted by Crippen LogP contribution is 2.61. The van der Waals surface area contributed by atoms with Gasteiger partial charge in [0.15, 0.2) is 0 Å². The van der Waals surface area contributed by atoms with Gasteiger partial charge in [-0.25, -0.2) is 0 Å². The van der Waals surface area contributed by atoms with Crippen LogP contribution in [0.15, 0.2) is 0 Å². The van der Waals surface area contributed by atoms with Crippen LogP contribution in [0.5, 0.6) is 0 Å². The Bertz CT molecular complexity index is 362. The van der Waals surface area contributed by atoms with Crippen LogP contribution in [0.3, 0.4) is 0 Å². The van der Waals surface area contributed by atoms with Crippen molar-refractivity contribution in [2.24, 2.45) is 17.8 Å². The van der Waals surface area contributed by atoms with Crippen molar-refractivity contribution in [2.75, 3.05) is 19.7 Å². The molecular formula is C13H19NO3. The minimum Gasteiger partial charge on any atom is -0.481 e. The van der Waals surface area contributed by atoms with Gasteiger partial charge in [0.2, 0.25) is 0 Å². The van der Waals surface area contributed by atoms with Gasteiger partial charge in [-0.15, -0.1) is 0 Å². The average molecular weight is 237 g/mol. The fourth-order valence-electron chi connectivity index (χ4n) is 4.71. The van der Waals surface area contributed by atoms with Gasteiger partial charge in [0.1, 0.15) is 0 Å². The Balaban J connectivity index is 1.47. The van der Waals surface area contributed by atoms with E-state index in [0.717, 1.165) is 25.6 Å². The standard InChI is InChI=1S/C13H19NO3/c15-12(16)9-5-14(6-9)10-2-1-3-13-4-8(7-17-13)11(10)13/h8-11H,1-7H2,(H,15,16). The first-order valence-electron chi connectivity index (χ1n) is 6.80. The summed E-state index contributed by atoms with van der Waals surface area (Å²) in [7, 11) is 0. The summed E-state index contributed by atoms with van der Waals surface area (Å²) in [4.78, 5) is 13.3. The van der Waals surface area contributed by atoms with Gasteiger partial charge in [0.25, 0.3) is 0 Å². The molecule has 5 rings (SSSR count). The van der Waals surface area contributed by atoms with Crippen LogP contribution in [0.1, 0.15) is 25.7 Å².